The summed E-state index contributed by atoms with van der Waals surface area (Å²) in [6.45, 7) is 3.78. The highest BCUT2D eigenvalue weighted by Gasteiger charge is 2.23. The molecule has 1 amide bonds. The first-order valence-electron chi connectivity index (χ1n) is 6.73. The molecule has 0 radical (unpaired) electrons. The fourth-order valence-corrected chi connectivity index (χ4v) is 2.85. The summed E-state index contributed by atoms with van der Waals surface area (Å²) in [5.74, 6) is 0.745. The number of benzene rings is 1. The molecular weight excluding hydrogens is 299 g/mol. The fraction of sp³-hybridized carbons (Fsp3) is 0.500. The third-order valence-corrected chi connectivity index (χ3v) is 3.68. The van der Waals surface area contributed by atoms with Crippen LogP contribution in [0, 0.1) is 0 Å². The van der Waals surface area contributed by atoms with E-state index in [-0.39, 0.29) is 11.9 Å². The maximum absolute atomic E-state index is 11.4. The van der Waals surface area contributed by atoms with E-state index in [0.717, 1.165) is 12.0 Å². The van der Waals surface area contributed by atoms with E-state index in [1.54, 1.807) is 6.07 Å². The van der Waals surface area contributed by atoms with Gasteiger partial charge in [0.15, 0.2) is 0 Å². The molecule has 0 aromatic heterocycles. The molecule has 4 nitrogen and oxygen atoms in total. The second-order valence-electron chi connectivity index (χ2n) is 4.65. The third-order valence-electron chi connectivity index (χ3n) is 3.18. The van der Waals surface area contributed by atoms with E-state index in [2.05, 4.69) is 10.6 Å². The van der Waals surface area contributed by atoms with Crippen LogP contribution < -0.4 is 15.4 Å². The van der Waals surface area contributed by atoms with Crippen LogP contribution in [0.3, 0.4) is 0 Å². The lowest BCUT2D eigenvalue weighted by Gasteiger charge is -2.27. The van der Waals surface area contributed by atoms with Crippen molar-refractivity contribution in [3.63, 3.8) is 0 Å². The smallest absolute Gasteiger partial charge is 0.221 e. The Labute approximate surface area is 128 Å². The predicted molar refractivity (Wildman–Crippen MR) is 80.6 cm³/mol. The summed E-state index contributed by atoms with van der Waals surface area (Å²) in [4.78, 5) is 11.4. The topological polar surface area (TPSA) is 50.4 Å². The summed E-state index contributed by atoms with van der Waals surface area (Å²) < 4.78 is 5.60. The van der Waals surface area contributed by atoms with E-state index in [4.69, 9.17) is 27.9 Å². The van der Waals surface area contributed by atoms with Crippen LogP contribution in [-0.4, -0.2) is 25.6 Å². The van der Waals surface area contributed by atoms with Crippen LogP contribution in [0.2, 0.25) is 10.0 Å². The monoisotopic (exact) mass is 316 g/mol. The lowest BCUT2D eigenvalue weighted by Crippen LogP contribution is -2.31. The van der Waals surface area contributed by atoms with Crippen LogP contribution >= 0.6 is 23.2 Å². The summed E-state index contributed by atoms with van der Waals surface area (Å²) in [5.41, 5.74) is 0.963. The van der Waals surface area contributed by atoms with Crippen molar-refractivity contribution in [1.29, 1.82) is 0 Å². The SMILES string of the molecule is CCNC(=O)CCNC1CCOc2c(Cl)cc(Cl)cc21. The Bertz CT molecular complexity index is 494. The molecule has 0 fully saturated rings. The molecule has 0 bridgehead atoms. The van der Waals surface area contributed by atoms with Crippen molar-refractivity contribution in [2.45, 2.75) is 25.8 Å². The standard InChI is InChI=1S/C14H18Cl2N2O2/c1-2-17-13(19)3-5-18-12-4-6-20-14-10(12)7-9(15)8-11(14)16/h7-8,12,18H,2-6H2,1H3,(H,17,19). The van der Waals surface area contributed by atoms with Crippen molar-refractivity contribution in [2.24, 2.45) is 0 Å². The lowest BCUT2D eigenvalue weighted by atomic mass is 10.0. The third kappa shape index (κ3) is 3.78. The molecule has 1 unspecified atom stereocenters. The van der Waals surface area contributed by atoms with Crippen molar-refractivity contribution < 1.29 is 9.53 Å². The van der Waals surface area contributed by atoms with Crippen LogP contribution in [0.25, 0.3) is 0 Å². The van der Waals surface area contributed by atoms with Crippen LogP contribution in [0.5, 0.6) is 5.75 Å². The number of fused-ring (bicyclic) bond motifs is 1. The summed E-state index contributed by atoms with van der Waals surface area (Å²) in [6.07, 6.45) is 1.29. The van der Waals surface area contributed by atoms with Gasteiger partial charge < -0.3 is 15.4 Å². The van der Waals surface area contributed by atoms with E-state index >= 15 is 0 Å². The molecule has 2 rings (SSSR count). The highest BCUT2D eigenvalue weighted by atomic mass is 35.5. The number of rotatable bonds is 5. The highest BCUT2D eigenvalue weighted by Crippen LogP contribution is 2.39. The van der Waals surface area contributed by atoms with Gasteiger partial charge in [-0.05, 0) is 19.1 Å². The molecule has 110 valence electrons. The van der Waals surface area contributed by atoms with E-state index in [0.29, 0.717) is 41.9 Å². The molecule has 1 aromatic carbocycles. The Kier molecular flexibility index (Phi) is 5.52. The molecule has 0 aliphatic carbocycles. The van der Waals surface area contributed by atoms with Crippen LogP contribution in [0.4, 0.5) is 0 Å². The Morgan fingerprint density at radius 1 is 1.45 bits per heavy atom. The number of hydrogen-bond acceptors (Lipinski definition) is 3. The second kappa shape index (κ2) is 7.16. The molecule has 0 saturated heterocycles. The first-order valence-corrected chi connectivity index (χ1v) is 7.49. The largest absolute Gasteiger partial charge is 0.492 e. The van der Waals surface area contributed by atoms with Gasteiger partial charge >= 0.3 is 0 Å². The van der Waals surface area contributed by atoms with Gasteiger partial charge in [0.25, 0.3) is 0 Å². The molecule has 0 spiro atoms. The Balaban J connectivity index is 2.00. The fourth-order valence-electron chi connectivity index (χ4n) is 2.28. The van der Waals surface area contributed by atoms with Gasteiger partial charge in [-0.2, -0.15) is 0 Å². The van der Waals surface area contributed by atoms with Gasteiger partial charge in [0, 0.05) is 42.6 Å². The van der Waals surface area contributed by atoms with E-state index in [1.165, 1.54) is 0 Å². The number of ether oxygens (including phenoxy) is 1. The van der Waals surface area contributed by atoms with Crippen molar-refractivity contribution in [1.82, 2.24) is 10.6 Å². The number of carbonyl (C=O) groups is 1. The normalized spacial score (nSPS) is 17.2. The van der Waals surface area contributed by atoms with Crippen LogP contribution in [-0.2, 0) is 4.79 Å². The summed E-state index contributed by atoms with van der Waals surface area (Å²) in [7, 11) is 0. The van der Waals surface area contributed by atoms with Gasteiger partial charge in [-0.15, -0.1) is 0 Å². The molecule has 0 saturated carbocycles. The summed E-state index contributed by atoms with van der Waals surface area (Å²) in [5, 5.41) is 7.26. The minimum atomic E-state index is 0.0522. The van der Waals surface area contributed by atoms with Gasteiger partial charge in [-0.25, -0.2) is 0 Å². The van der Waals surface area contributed by atoms with Crippen molar-refractivity contribution >= 4 is 29.1 Å². The van der Waals surface area contributed by atoms with Crippen LogP contribution in [0.15, 0.2) is 12.1 Å². The first kappa shape index (κ1) is 15.4. The Morgan fingerprint density at radius 2 is 2.25 bits per heavy atom. The van der Waals surface area contributed by atoms with Crippen molar-refractivity contribution in [2.75, 3.05) is 19.7 Å². The van der Waals surface area contributed by atoms with Crippen molar-refractivity contribution in [3.05, 3.63) is 27.7 Å². The van der Waals surface area contributed by atoms with Gasteiger partial charge in [0.1, 0.15) is 5.75 Å². The summed E-state index contributed by atoms with van der Waals surface area (Å²) >= 11 is 12.2. The minimum absolute atomic E-state index is 0.0522. The second-order valence-corrected chi connectivity index (χ2v) is 5.50. The number of nitrogens with one attached hydrogen (secondary N) is 2. The lowest BCUT2D eigenvalue weighted by molar-refractivity contribution is -0.120. The van der Waals surface area contributed by atoms with E-state index < -0.39 is 0 Å². The molecule has 1 aromatic rings. The zero-order valence-electron chi connectivity index (χ0n) is 11.3. The van der Waals surface area contributed by atoms with Crippen LogP contribution in [0.1, 0.15) is 31.4 Å². The molecule has 6 heteroatoms. The zero-order chi connectivity index (χ0) is 14.5. The van der Waals surface area contributed by atoms with E-state index in [1.807, 2.05) is 13.0 Å². The molecule has 1 atom stereocenters. The number of halogens is 2. The van der Waals surface area contributed by atoms with Gasteiger partial charge in [0.05, 0.1) is 11.6 Å². The zero-order valence-corrected chi connectivity index (χ0v) is 12.9. The first-order chi connectivity index (χ1) is 9.61. The molecule has 1 heterocycles. The van der Waals surface area contributed by atoms with Gasteiger partial charge in [-0.3, -0.25) is 4.79 Å². The molecule has 20 heavy (non-hydrogen) atoms. The average molecular weight is 317 g/mol. The highest BCUT2D eigenvalue weighted by molar-refractivity contribution is 6.35. The predicted octanol–water partition coefficient (Wildman–Crippen LogP) is 2.93. The maximum atomic E-state index is 11.4. The number of amides is 1. The Hall–Kier alpha value is -0.970. The van der Waals surface area contributed by atoms with Gasteiger partial charge in [0.2, 0.25) is 5.91 Å². The quantitative estimate of drug-likeness (QED) is 0.878. The molecule has 2 N–H and O–H groups in total. The number of carbonyl (C=O) groups excluding carboxylic acids is 1. The van der Waals surface area contributed by atoms with Crippen molar-refractivity contribution in [3.8, 4) is 5.75 Å². The maximum Gasteiger partial charge on any atom is 0.221 e. The average Bonchev–Trinajstić information content (AvgIpc) is 2.39. The Morgan fingerprint density at radius 3 is 3.00 bits per heavy atom. The summed E-state index contributed by atoms with van der Waals surface area (Å²) in [6, 6.07) is 3.66. The molecular formula is C14H18Cl2N2O2. The molecule has 1 aliphatic rings. The minimum Gasteiger partial charge on any atom is -0.492 e. The van der Waals surface area contributed by atoms with Gasteiger partial charge in [-0.1, -0.05) is 23.2 Å². The van der Waals surface area contributed by atoms with E-state index in [9.17, 15) is 4.79 Å². The number of hydrogen-bond donors (Lipinski definition) is 2. The molecule has 1 aliphatic heterocycles.